The average Bonchev–Trinajstić information content (AvgIpc) is 2.41. The molecule has 1 atom stereocenters. The van der Waals surface area contributed by atoms with Gasteiger partial charge in [-0.2, -0.15) is 0 Å². The van der Waals surface area contributed by atoms with Crippen LogP contribution in [0.1, 0.15) is 25.5 Å². The summed E-state index contributed by atoms with van der Waals surface area (Å²) in [6, 6.07) is 7.93. The number of benzene rings is 1. The van der Waals surface area contributed by atoms with Crippen molar-refractivity contribution < 1.29 is 4.74 Å². The number of nitrogens with zero attached hydrogens (tertiary/aromatic N) is 1. The molecule has 0 radical (unpaired) electrons. The van der Waals surface area contributed by atoms with E-state index in [0.29, 0.717) is 16.5 Å². The molecule has 0 bridgehead atoms. The maximum Gasteiger partial charge on any atom is 0.146 e. The Morgan fingerprint density at radius 1 is 1.35 bits per heavy atom. The summed E-state index contributed by atoms with van der Waals surface area (Å²) in [5, 5.41) is 3.94. The summed E-state index contributed by atoms with van der Waals surface area (Å²) in [6.45, 7) is 5.10. The summed E-state index contributed by atoms with van der Waals surface area (Å²) >= 11 is 9.64. The molecule has 0 aliphatic carbocycles. The minimum absolute atomic E-state index is 0.263. The van der Waals surface area contributed by atoms with Crippen LogP contribution in [0.25, 0.3) is 0 Å². The van der Waals surface area contributed by atoms with Gasteiger partial charge in [0.1, 0.15) is 11.5 Å². The minimum atomic E-state index is 0.263. The van der Waals surface area contributed by atoms with Gasteiger partial charge >= 0.3 is 0 Å². The van der Waals surface area contributed by atoms with Gasteiger partial charge in [-0.15, -0.1) is 0 Å². The highest BCUT2D eigenvalue weighted by Crippen LogP contribution is 2.32. The van der Waals surface area contributed by atoms with Gasteiger partial charge in [0.15, 0.2) is 0 Å². The zero-order chi connectivity index (χ0) is 14.5. The van der Waals surface area contributed by atoms with Gasteiger partial charge in [-0.3, -0.25) is 4.98 Å². The van der Waals surface area contributed by atoms with Gasteiger partial charge in [-0.25, -0.2) is 0 Å². The first-order valence-electron chi connectivity index (χ1n) is 6.41. The van der Waals surface area contributed by atoms with E-state index in [9.17, 15) is 0 Å². The predicted molar refractivity (Wildman–Crippen MR) is 85.6 cm³/mol. The maximum atomic E-state index is 6.28. The molecule has 0 fully saturated rings. The van der Waals surface area contributed by atoms with Crippen molar-refractivity contribution in [3.63, 3.8) is 0 Å². The lowest BCUT2D eigenvalue weighted by Crippen LogP contribution is -2.17. The fourth-order valence-corrected chi connectivity index (χ4v) is 2.44. The van der Waals surface area contributed by atoms with Crippen molar-refractivity contribution in [1.82, 2.24) is 10.3 Å². The van der Waals surface area contributed by atoms with Crippen LogP contribution in [0.4, 0.5) is 0 Å². The molecule has 0 amide bonds. The van der Waals surface area contributed by atoms with Crippen molar-refractivity contribution in [3.8, 4) is 11.5 Å². The second kappa shape index (κ2) is 7.07. The van der Waals surface area contributed by atoms with Crippen LogP contribution in [0.3, 0.4) is 0 Å². The van der Waals surface area contributed by atoms with Gasteiger partial charge in [0.25, 0.3) is 0 Å². The number of hydrogen-bond acceptors (Lipinski definition) is 3. The lowest BCUT2D eigenvalue weighted by molar-refractivity contribution is 0.479. The monoisotopic (exact) mass is 354 g/mol. The van der Waals surface area contributed by atoms with Crippen molar-refractivity contribution in [3.05, 3.63) is 51.7 Å². The Morgan fingerprint density at radius 2 is 2.15 bits per heavy atom. The standard InChI is InChI=1S/C15H16BrClN2O/c1-3-19-10(2)11-4-5-15(14(17)6-11)20-13-7-12(16)8-18-9-13/h4-10,19H,3H2,1-2H3. The highest BCUT2D eigenvalue weighted by Gasteiger charge is 2.09. The Hall–Kier alpha value is -1.10. The molecule has 0 aliphatic heterocycles. The molecule has 5 heteroatoms. The molecule has 1 aromatic heterocycles. The van der Waals surface area contributed by atoms with E-state index in [1.165, 1.54) is 0 Å². The van der Waals surface area contributed by atoms with Crippen LogP contribution in [-0.4, -0.2) is 11.5 Å². The van der Waals surface area contributed by atoms with Crippen LogP contribution in [0.5, 0.6) is 11.5 Å². The minimum Gasteiger partial charge on any atom is -0.454 e. The fourth-order valence-electron chi connectivity index (χ4n) is 1.87. The summed E-state index contributed by atoms with van der Waals surface area (Å²) in [6.07, 6.45) is 3.35. The van der Waals surface area contributed by atoms with Gasteiger partial charge in [0.05, 0.1) is 11.2 Å². The van der Waals surface area contributed by atoms with Gasteiger partial charge in [0, 0.05) is 16.7 Å². The highest BCUT2D eigenvalue weighted by molar-refractivity contribution is 9.10. The summed E-state index contributed by atoms with van der Waals surface area (Å²) in [5.74, 6) is 1.27. The SMILES string of the molecule is CCNC(C)c1ccc(Oc2cncc(Br)c2)c(Cl)c1. The third kappa shape index (κ3) is 3.95. The van der Waals surface area contributed by atoms with Crippen molar-refractivity contribution in [2.45, 2.75) is 19.9 Å². The summed E-state index contributed by atoms with van der Waals surface area (Å²) in [5.41, 5.74) is 1.14. The predicted octanol–water partition coefficient (Wildman–Crippen LogP) is 4.96. The molecule has 20 heavy (non-hydrogen) atoms. The molecule has 0 saturated heterocycles. The van der Waals surface area contributed by atoms with E-state index < -0.39 is 0 Å². The first-order valence-corrected chi connectivity index (χ1v) is 7.58. The van der Waals surface area contributed by atoms with E-state index in [4.69, 9.17) is 16.3 Å². The quantitative estimate of drug-likeness (QED) is 0.823. The molecule has 0 aliphatic rings. The van der Waals surface area contributed by atoms with Crippen molar-refractivity contribution in [1.29, 1.82) is 0 Å². The summed E-state index contributed by atoms with van der Waals surface area (Å²) in [7, 11) is 0. The van der Waals surface area contributed by atoms with Gasteiger partial charge in [-0.05, 0) is 53.2 Å². The van der Waals surface area contributed by atoms with Gasteiger partial charge in [-0.1, -0.05) is 24.6 Å². The van der Waals surface area contributed by atoms with Gasteiger partial charge < -0.3 is 10.1 Å². The smallest absolute Gasteiger partial charge is 0.146 e. The molecular formula is C15H16BrClN2O. The van der Waals surface area contributed by atoms with Gasteiger partial charge in [0.2, 0.25) is 0 Å². The molecule has 2 aromatic rings. The molecule has 1 heterocycles. The molecule has 0 saturated carbocycles. The topological polar surface area (TPSA) is 34.1 Å². The first kappa shape index (κ1) is 15.3. The number of nitrogens with one attached hydrogen (secondary N) is 1. The zero-order valence-corrected chi connectivity index (χ0v) is 13.7. The van der Waals surface area contributed by atoms with E-state index in [0.717, 1.165) is 16.6 Å². The number of hydrogen-bond donors (Lipinski definition) is 1. The van der Waals surface area contributed by atoms with E-state index in [2.05, 4.69) is 40.1 Å². The fraction of sp³-hybridized carbons (Fsp3) is 0.267. The van der Waals surface area contributed by atoms with E-state index in [1.54, 1.807) is 12.4 Å². The average molecular weight is 356 g/mol. The van der Waals surface area contributed by atoms with Crippen LogP contribution >= 0.6 is 27.5 Å². The lowest BCUT2D eigenvalue weighted by atomic mass is 10.1. The Kier molecular flexibility index (Phi) is 5.40. The summed E-state index contributed by atoms with van der Waals surface area (Å²) < 4.78 is 6.60. The van der Waals surface area contributed by atoms with E-state index in [-0.39, 0.29) is 6.04 Å². The largest absolute Gasteiger partial charge is 0.454 e. The van der Waals surface area contributed by atoms with Crippen molar-refractivity contribution >= 4 is 27.5 Å². The normalized spacial score (nSPS) is 12.2. The number of halogens is 2. The molecule has 0 spiro atoms. The maximum absolute atomic E-state index is 6.28. The van der Waals surface area contributed by atoms with Crippen molar-refractivity contribution in [2.24, 2.45) is 0 Å². The molecule has 106 valence electrons. The molecule has 3 nitrogen and oxygen atoms in total. The van der Waals surface area contributed by atoms with E-state index in [1.807, 2.05) is 24.3 Å². The highest BCUT2D eigenvalue weighted by atomic mass is 79.9. The second-order valence-corrected chi connectivity index (χ2v) is 5.73. The molecular weight excluding hydrogens is 340 g/mol. The Morgan fingerprint density at radius 3 is 2.80 bits per heavy atom. The lowest BCUT2D eigenvalue weighted by Gasteiger charge is -2.14. The number of pyridine rings is 1. The Labute approximate surface area is 132 Å². The van der Waals surface area contributed by atoms with Crippen LogP contribution in [0.2, 0.25) is 5.02 Å². The number of aromatic nitrogens is 1. The third-order valence-electron chi connectivity index (χ3n) is 2.87. The Balaban J connectivity index is 2.17. The molecule has 1 N–H and O–H groups in total. The zero-order valence-electron chi connectivity index (χ0n) is 11.4. The number of rotatable bonds is 5. The van der Waals surface area contributed by atoms with Crippen molar-refractivity contribution in [2.75, 3.05) is 6.54 Å². The molecule has 2 rings (SSSR count). The van der Waals surface area contributed by atoms with Crippen LogP contribution in [0, 0.1) is 0 Å². The second-order valence-electron chi connectivity index (χ2n) is 4.41. The van der Waals surface area contributed by atoms with E-state index >= 15 is 0 Å². The summed E-state index contributed by atoms with van der Waals surface area (Å²) in [4.78, 5) is 4.06. The molecule has 1 aromatic carbocycles. The first-order chi connectivity index (χ1) is 9.60. The van der Waals surface area contributed by atoms with Crippen LogP contribution < -0.4 is 10.1 Å². The number of ether oxygens (including phenoxy) is 1. The Bertz CT molecular complexity index is 592. The van der Waals surface area contributed by atoms with Crippen LogP contribution in [-0.2, 0) is 0 Å². The molecule has 1 unspecified atom stereocenters. The van der Waals surface area contributed by atoms with Crippen LogP contribution in [0.15, 0.2) is 41.1 Å². The third-order valence-corrected chi connectivity index (χ3v) is 3.60.